The molecule has 0 fully saturated rings. The third-order valence-electron chi connectivity index (χ3n) is 2.23. The molecule has 6 nitrogen and oxygen atoms in total. The summed E-state index contributed by atoms with van der Waals surface area (Å²) in [5.41, 5.74) is 0.663. The molecule has 2 N–H and O–H groups in total. The molecule has 0 radical (unpaired) electrons. The molecule has 0 amide bonds. The number of nitrogens with one attached hydrogen (secondary N) is 1. The zero-order chi connectivity index (χ0) is 15.0. The number of aliphatic hydroxyl groups is 1. The van der Waals surface area contributed by atoms with E-state index in [1.807, 2.05) is 6.26 Å². The minimum absolute atomic E-state index is 0.332. The number of anilines is 1. The summed E-state index contributed by atoms with van der Waals surface area (Å²) in [5, 5.41) is 13.0. The molecule has 1 aromatic rings. The number of aliphatic hydroxyl groups excluding tert-OH is 1. The van der Waals surface area contributed by atoms with E-state index < -0.39 is 12.1 Å². The van der Waals surface area contributed by atoms with E-state index >= 15 is 0 Å². The Morgan fingerprint density at radius 3 is 3.00 bits per heavy atom. The molecule has 20 heavy (non-hydrogen) atoms. The lowest BCUT2D eigenvalue weighted by Crippen LogP contribution is -2.17. The van der Waals surface area contributed by atoms with E-state index in [4.69, 9.17) is 4.74 Å². The van der Waals surface area contributed by atoms with Crippen LogP contribution in [-0.2, 0) is 9.53 Å². The fourth-order valence-corrected chi connectivity index (χ4v) is 1.67. The minimum Gasteiger partial charge on any atom is -0.463 e. The van der Waals surface area contributed by atoms with Gasteiger partial charge in [-0.05, 0) is 26.2 Å². The van der Waals surface area contributed by atoms with Crippen LogP contribution in [0.4, 0.5) is 5.82 Å². The quantitative estimate of drug-likeness (QED) is 0.342. The summed E-state index contributed by atoms with van der Waals surface area (Å²) in [5.74, 6) is 0.161. The Kier molecular flexibility index (Phi) is 7.03. The van der Waals surface area contributed by atoms with E-state index in [1.165, 1.54) is 17.8 Å². The van der Waals surface area contributed by atoms with Gasteiger partial charge in [0.15, 0.2) is 5.16 Å². The Labute approximate surface area is 122 Å². The molecule has 0 unspecified atom stereocenters. The first kappa shape index (κ1) is 16.5. The second-order valence-corrected chi connectivity index (χ2v) is 4.75. The number of esters is 1. The van der Waals surface area contributed by atoms with Crippen molar-refractivity contribution in [1.82, 2.24) is 9.97 Å². The molecule has 1 aromatic heterocycles. The van der Waals surface area contributed by atoms with E-state index in [1.54, 1.807) is 26.1 Å². The molecule has 0 aromatic carbocycles. The molecular weight excluding hydrogens is 278 g/mol. The first-order valence-corrected chi connectivity index (χ1v) is 7.47. The lowest BCUT2D eigenvalue weighted by Gasteiger charge is -2.10. The number of hydrogen-bond acceptors (Lipinski definition) is 7. The normalized spacial score (nSPS) is 12.4. The Morgan fingerprint density at radius 1 is 1.65 bits per heavy atom. The molecule has 1 heterocycles. The Morgan fingerprint density at radius 2 is 2.40 bits per heavy atom. The van der Waals surface area contributed by atoms with E-state index in [9.17, 15) is 9.90 Å². The van der Waals surface area contributed by atoms with E-state index in [-0.39, 0.29) is 0 Å². The van der Waals surface area contributed by atoms with Gasteiger partial charge in [-0.3, -0.25) is 0 Å². The van der Waals surface area contributed by atoms with Crippen molar-refractivity contribution in [3.8, 4) is 0 Å². The molecule has 0 saturated carbocycles. The first-order valence-electron chi connectivity index (χ1n) is 6.24. The van der Waals surface area contributed by atoms with Crippen molar-refractivity contribution in [3.05, 3.63) is 17.8 Å². The van der Waals surface area contributed by atoms with Crippen molar-refractivity contribution in [2.45, 2.75) is 25.1 Å². The van der Waals surface area contributed by atoms with Crippen LogP contribution in [0.25, 0.3) is 6.08 Å². The van der Waals surface area contributed by atoms with Crippen LogP contribution in [0.1, 0.15) is 19.4 Å². The van der Waals surface area contributed by atoms with Crippen molar-refractivity contribution in [1.29, 1.82) is 0 Å². The first-order chi connectivity index (χ1) is 9.56. The summed E-state index contributed by atoms with van der Waals surface area (Å²) in [6.45, 7) is 4.12. The summed E-state index contributed by atoms with van der Waals surface area (Å²) in [6.07, 6.45) is 5.92. The minimum atomic E-state index is -0.496. The van der Waals surface area contributed by atoms with Crippen LogP contribution in [0, 0.1) is 0 Å². The number of aromatic nitrogens is 2. The maximum atomic E-state index is 11.3. The molecule has 0 bridgehead atoms. The van der Waals surface area contributed by atoms with Crippen LogP contribution in [0.2, 0.25) is 0 Å². The van der Waals surface area contributed by atoms with Gasteiger partial charge in [0.25, 0.3) is 0 Å². The number of nitrogens with zero attached hydrogens (tertiary/aromatic N) is 2. The molecule has 0 aliphatic carbocycles. The fourth-order valence-electron chi connectivity index (χ4n) is 1.33. The van der Waals surface area contributed by atoms with Gasteiger partial charge < -0.3 is 15.2 Å². The number of carbonyl (C=O) groups excluding carboxylic acids is 1. The van der Waals surface area contributed by atoms with Crippen molar-refractivity contribution in [2.24, 2.45) is 0 Å². The highest BCUT2D eigenvalue weighted by Crippen LogP contribution is 2.18. The lowest BCUT2D eigenvalue weighted by atomic mass is 10.2. The predicted octanol–water partition coefficient (Wildman–Crippen LogP) is 1.57. The zero-order valence-corrected chi connectivity index (χ0v) is 12.6. The average molecular weight is 297 g/mol. The van der Waals surface area contributed by atoms with Crippen LogP contribution in [0.15, 0.2) is 17.4 Å². The largest absolute Gasteiger partial charge is 0.463 e. The second kappa shape index (κ2) is 8.55. The average Bonchev–Trinajstić information content (AvgIpc) is 2.43. The van der Waals surface area contributed by atoms with E-state index in [2.05, 4.69) is 15.3 Å². The molecule has 1 atom stereocenters. The van der Waals surface area contributed by atoms with Gasteiger partial charge in [0.1, 0.15) is 5.82 Å². The van der Waals surface area contributed by atoms with Crippen LogP contribution in [0.5, 0.6) is 0 Å². The van der Waals surface area contributed by atoms with E-state index in [0.29, 0.717) is 29.7 Å². The van der Waals surface area contributed by atoms with Gasteiger partial charge >= 0.3 is 5.97 Å². The van der Waals surface area contributed by atoms with Crippen molar-refractivity contribution >= 4 is 29.6 Å². The van der Waals surface area contributed by atoms with Gasteiger partial charge in [-0.25, -0.2) is 14.8 Å². The third kappa shape index (κ3) is 5.58. The van der Waals surface area contributed by atoms with Crippen LogP contribution >= 0.6 is 11.8 Å². The fraction of sp³-hybridized carbons (Fsp3) is 0.462. The molecule has 0 aliphatic heterocycles. The number of rotatable bonds is 7. The molecule has 110 valence electrons. The van der Waals surface area contributed by atoms with Gasteiger partial charge in [-0.2, -0.15) is 0 Å². The Hall–Kier alpha value is -1.60. The maximum Gasteiger partial charge on any atom is 0.330 e. The number of carbonyl (C=O) groups is 1. The van der Waals surface area contributed by atoms with Gasteiger partial charge in [-0.15, -0.1) is 0 Å². The SMILES string of the molecule is CCOC(=O)C=Cc1cnc(SC)nc1NC[C@H](C)O. The summed E-state index contributed by atoms with van der Waals surface area (Å²) in [4.78, 5) is 19.8. The smallest absolute Gasteiger partial charge is 0.330 e. The summed E-state index contributed by atoms with van der Waals surface area (Å²) >= 11 is 1.42. The lowest BCUT2D eigenvalue weighted by molar-refractivity contribution is -0.137. The standard InChI is InChI=1S/C13H19N3O3S/c1-4-19-11(18)6-5-10-8-15-13(20-3)16-12(10)14-7-9(2)17/h5-6,8-9,17H,4,7H2,1-3H3,(H,14,15,16)/t9-/m0/s1. The maximum absolute atomic E-state index is 11.3. The van der Waals surface area contributed by atoms with Crippen LogP contribution < -0.4 is 5.32 Å². The highest BCUT2D eigenvalue weighted by molar-refractivity contribution is 7.98. The molecular formula is C13H19N3O3S. The molecule has 0 spiro atoms. The zero-order valence-electron chi connectivity index (χ0n) is 11.8. The third-order valence-corrected chi connectivity index (χ3v) is 2.79. The highest BCUT2D eigenvalue weighted by Gasteiger charge is 2.06. The summed E-state index contributed by atoms with van der Waals surface area (Å²) in [6, 6.07) is 0. The number of hydrogen-bond donors (Lipinski definition) is 2. The van der Waals surface area contributed by atoms with Gasteiger partial charge in [0, 0.05) is 24.4 Å². The second-order valence-electron chi connectivity index (χ2n) is 3.98. The topological polar surface area (TPSA) is 84.3 Å². The Bertz CT molecular complexity index is 478. The van der Waals surface area contributed by atoms with Crippen LogP contribution in [-0.4, -0.2) is 46.6 Å². The number of ether oxygens (including phenoxy) is 1. The number of thioether (sulfide) groups is 1. The Balaban J connectivity index is 2.89. The summed E-state index contributed by atoms with van der Waals surface area (Å²) < 4.78 is 4.82. The molecule has 7 heteroatoms. The highest BCUT2D eigenvalue weighted by atomic mass is 32.2. The summed E-state index contributed by atoms with van der Waals surface area (Å²) in [7, 11) is 0. The predicted molar refractivity (Wildman–Crippen MR) is 79.7 cm³/mol. The molecule has 1 rings (SSSR count). The van der Waals surface area contributed by atoms with Gasteiger partial charge in [0.05, 0.1) is 12.7 Å². The van der Waals surface area contributed by atoms with Gasteiger partial charge in [0.2, 0.25) is 0 Å². The van der Waals surface area contributed by atoms with Crippen molar-refractivity contribution in [2.75, 3.05) is 24.7 Å². The van der Waals surface area contributed by atoms with E-state index in [0.717, 1.165) is 0 Å². The molecule has 0 saturated heterocycles. The van der Waals surface area contributed by atoms with Crippen molar-refractivity contribution in [3.63, 3.8) is 0 Å². The molecule has 0 aliphatic rings. The monoisotopic (exact) mass is 297 g/mol. The van der Waals surface area contributed by atoms with Gasteiger partial charge in [-0.1, -0.05) is 11.8 Å². The van der Waals surface area contributed by atoms with Crippen molar-refractivity contribution < 1.29 is 14.6 Å². The van der Waals surface area contributed by atoms with Crippen LogP contribution in [0.3, 0.4) is 0 Å².